The summed E-state index contributed by atoms with van der Waals surface area (Å²) in [6.07, 6.45) is 1.25. The highest BCUT2D eigenvalue weighted by molar-refractivity contribution is 5.42. The zero-order chi connectivity index (χ0) is 14.1. The van der Waals surface area contributed by atoms with Crippen LogP contribution in [0.2, 0.25) is 0 Å². The zero-order valence-corrected chi connectivity index (χ0v) is 12.7. The minimum atomic E-state index is 0.661. The van der Waals surface area contributed by atoms with E-state index in [1.54, 1.807) is 7.11 Å². The monoisotopic (exact) mass is 268 g/mol. The number of nitrogens with two attached hydrogens (primary N) is 1. The van der Waals surface area contributed by atoms with E-state index >= 15 is 0 Å². The zero-order valence-electron chi connectivity index (χ0n) is 12.7. The van der Waals surface area contributed by atoms with Gasteiger partial charge in [0.25, 0.3) is 0 Å². The van der Waals surface area contributed by atoms with Gasteiger partial charge in [-0.25, -0.2) is 0 Å². The lowest BCUT2D eigenvalue weighted by Gasteiger charge is -2.10. The van der Waals surface area contributed by atoms with Crippen molar-refractivity contribution in [3.05, 3.63) is 23.8 Å². The Bertz CT molecular complexity index is 367. The summed E-state index contributed by atoms with van der Waals surface area (Å²) in [5, 5.41) is 2.35. The van der Waals surface area contributed by atoms with Crippen LogP contribution >= 0.6 is 0 Å². The third-order valence-corrected chi connectivity index (χ3v) is 2.99. The van der Waals surface area contributed by atoms with Crippen LogP contribution in [-0.4, -0.2) is 40.9 Å². The number of benzene rings is 1. The van der Waals surface area contributed by atoms with Crippen molar-refractivity contribution in [2.75, 3.05) is 40.9 Å². The molecule has 0 heterocycles. The molecule has 4 nitrogen and oxygen atoms in total. The van der Waals surface area contributed by atoms with Crippen molar-refractivity contribution in [1.29, 1.82) is 0 Å². The molecule has 1 aromatic carbocycles. The Morgan fingerprint density at radius 1 is 1.21 bits per heavy atom. The van der Waals surface area contributed by atoms with Gasteiger partial charge in [-0.15, -0.1) is 0 Å². The first-order valence-corrected chi connectivity index (χ1v) is 7.07. The first-order valence-electron chi connectivity index (χ1n) is 7.07. The van der Waals surface area contributed by atoms with Crippen molar-refractivity contribution in [3.8, 4) is 11.5 Å². The van der Waals surface area contributed by atoms with Gasteiger partial charge in [0.05, 0.1) is 40.9 Å². The van der Waals surface area contributed by atoms with E-state index in [4.69, 9.17) is 9.47 Å². The molecule has 3 N–H and O–H groups in total. The van der Waals surface area contributed by atoms with Crippen molar-refractivity contribution >= 4 is 0 Å². The Morgan fingerprint density at radius 2 is 2.00 bits per heavy atom. The molecule has 4 heteroatoms. The summed E-state index contributed by atoms with van der Waals surface area (Å²) >= 11 is 0. The molecule has 1 rings (SSSR count). The number of ether oxygens (including phenoxy) is 2. The molecule has 108 valence electrons. The third-order valence-electron chi connectivity index (χ3n) is 2.99. The molecule has 0 aliphatic heterocycles. The van der Waals surface area contributed by atoms with E-state index in [1.807, 2.05) is 13.0 Å². The largest absolute Gasteiger partial charge is 0.493 e. The minimum absolute atomic E-state index is 0.661. The molecule has 0 saturated heterocycles. The molecule has 0 aromatic heterocycles. The number of methoxy groups -OCH3 is 1. The molecule has 0 unspecified atom stereocenters. The van der Waals surface area contributed by atoms with Crippen LogP contribution in [0.25, 0.3) is 0 Å². The van der Waals surface area contributed by atoms with Crippen LogP contribution in [0, 0.1) is 0 Å². The van der Waals surface area contributed by atoms with Crippen molar-refractivity contribution in [2.24, 2.45) is 0 Å². The predicted molar refractivity (Wildman–Crippen MR) is 77.0 cm³/mol. The molecule has 0 bridgehead atoms. The molecule has 0 aliphatic rings. The fourth-order valence-corrected chi connectivity index (χ4v) is 1.98. The lowest BCUT2D eigenvalue weighted by atomic mass is 10.2. The van der Waals surface area contributed by atoms with Crippen molar-refractivity contribution < 1.29 is 19.7 Å². The second-order valence-electron chi connectivity index (χ2n) is 5.01. The fraction of sp³-hybridized carbons (Fsp3) is 0.600. The molecule has 0 atom stereocenters. The SMILES string of the molecule is CCOc1ccc(C[NH2+]CCC[NH+](C)C)cc1OC. The standard InChI is InChI=1S/C15H26N2O2/c1-5-19-14-8-7-13(11-15(14)18-4)12-16-9-6-10-17(2)3/h7-8,11,16H,5-6,9-10,12H2,1-4H3/p+2. The minimum Gasteiger partial charge on any atom is -0.493 e. The third kappa shape index (κ3) is 5.94. The van der Waals surface area contributed by atoms with E-state index in [9.17, 15) is 0 Å². The van der Waals surface area contributed by atoms with Gasteiger partial charge in [-0.2, -0.15) is 0 Å². The second kappa shape index (κ2) is 8.77. The predicted octanol–water partition coefficient (Wildman–Crippen LogP) is -0.308. The lowest BCUT2D eigenvalue weighted by molar-refractivity contribution is -0.860. The van der Waals surface area contributed by atoms with Gasteiger partial charge in [0.15, 0.2) is 11.5 Å². The molecule has 19 heavy (non-hydrogen) atoms. The van der Waals surface area contributed by atoms with E-state index in [-0.39, 0.29) is 0 Å². The molecule has 0 saturated carbocycles. The van der Waals surface area contributed by atoms with Crippen LogP contribution in [0.15, 0.2) is 18.2 Å². The summed E-state index contributed by atoms with van der Waals surface area (Å²) in [4.78, 5) is 1.51. The van der Waals surface area contributed by atoms with Crippen LogP contribution in [-0.2, 0) is 6.54 Å². The molecule has 0 radical (unpaired) electrons. The summed E-state index contributed by atoms with van der Waals surface area (Å²) < 4.78 is 10.9. The highest BCUT2D eigenvalue weighted by Gasteiger charge is 2.06. The molecule has 0 aliphatic carbocycles. The van der Waals surface area contributed by atoms with Gasteiger partial charge in [0.2, 0.25) is 0 Å². The van der Waals surface area contributed by atoms with Gasteiger partial charge in [0.1, 0.15) is 6.54 Å². The summed E-state index contributed by atoms with van der Waals surface area (Å²) in [7, 11) is 6.07. The van der Waals surface area contributed by atoms with E-state index < -0.39 is 0 Å². The van der Waals surface area contributed by atoms with Crippen molar-refractivity contribution in [1.82, 2.24) is 0 Å². The summed E-state index contributed by atoms with van der Waals surface area (Å²) in [6, 6.07) is 6.18. The van der Waals surface area contributed by atoms with Gasteiger partial charge in [-0.1, -0.05) is 0 Å². The molecule has 0 spiro atoms. The van der Waals surface area contributed by atoms with Crippen LogP contribution < -0.4 is 19.7 Å². The quantitative estimate of drug-likeness (QED) is 0.603. The first kappa shape index (κ1) is 15.8. The Morgan fingerprint density at radius 3 is 2.63 bits per heavy atom. The van der Waals surface area contributed by atoms with Gasteiger partial charge >= 0.3 is 0 Å². The first-order chi connectivity index (χ1) is 9.17. The highest BCUT2D eigenvalue weighted by atomic mass is 16.5. The van der Waals surface area contributed by atoms with Gasteiger partial charge in [-0.3, -0.25) is 0 Å². The maximum absolute atomic E-state index is 5.51. The smallest absolute Gasteiger partial charge is 0.161 e. The number of hydrogen-bond acceptors (Lipinski definition) is 2. The van der Waals surface area contributed by atoms with Crippen molar-refractivity contribution in [3.63, 3.8) is 0 Å². The van der Waals surface area contributed by atoms with E-state index in [2.05, 4.69) is 31.5 Å². The van der Waals surface area contributed by atoms with Gasteiger partial charge < -0.3 is 19.7 Å². The Kier molecular flexibility index (Phi) is 7.30. The normalized spacial score (nSPS) is 10.8. The van der Waals surface area contributed by atoms with Gasteiger partial charge in [0, 0.05) is 12.0 Å². The van der Waals surface area contributed by atoms with Crippen LogP contribution in [0.1, 0.15) is 18.9 Å². The molecule has 0 amide bonds. The number of rotatable bonds is 9. The summed E-state index contributed by atoms with van der Waals surface area (Å²) in [5.41, 5.74) is 1.28. The highest BCUT2D eigenvalue weighted by Crippen LogP contribution is 2.27. The van der Waals surface area contributed by atoms with Crippen molar-refractivity contribution in [2.45, 2.75) is 19.9 Å². The number of quaternary nitrogens is 2. The lowest BCUT2D eigenvalue weighted by Crippen LogP contribution is -3.06. The second-order valence-corrected chi connectivity index (χ2v) is 5.01. The maximum Gasteiger partial charge on any atom is 0.161 e. The van der Waals surface area contributed by atoms with Crippen LogP contribution in [0.5, 0.6) is 11.5 Å². The molecule has 1 aromatic rings. The molecular weight excluding hydrogens is 240 g/mol. The number of hydrogen-bond donors (Lipinski definition) is 2. The van der Waals surface area contributed by atoms with E-state index in [0.717, 1.165) is 18.0 Å². The summed E-state index contributed by atoms with van der Waals surface area (Å²) in [6.45, 7) is 6.03. The average Bonchev–Trinajstić information content (AvgIpc) is 2.39. The molecular formula is C15H28N2O2+2. The Labute approximate surface area is 116 Å². The molecule has 0 fully saturated rings. The number of nitrogens with one attached hydrogen (secondary N) is 1. The van der Waals surface area contributed by atoms with Crippen LogP contribution in [0.3, 0.4) is 0 Å². The van der Waals surface area contributed by atoms with Crippen LogP contribution in [0.4, 0.5) is 0 Å². The average molecular weight is 268 g/mol. The topological polar surface area (TPSA) is 39.5 Å². The van der Waals surface area contributed by atoms with E-state index in [1.165, 1.54) is 30.0 Å². The summed E-state index contributed by atoms with van der Waals surface area (Å²) in [5.74, 6) is 1.65. The Hall–Kier alpha value is -1.26. The fourth-order valence-electron chi connectivity index (χ4n) is 1.98. The Balaban J connectivity index is 2.41. The van der Waals surface area contributed by atoms with E-state index in [0.29, 0.717) is 6.61 Å². The van der Waals surface area contributed by atoms with Gasteiger partial charge in [-0.05, 0) is 25.1 Å². The maximum atomic E-state index is 5.51.